The lowest BCUT2D eigenvalue weighted by atomic mass is 10.1. The number of benzene rings is 1. The van der Waals surface area contributed by atoms with Gasteiger partial charge in [0, 0.05) is 23.2 Å². The predicted molar refractivity (Wildman–Crippen MR) is 130 cm³/mol. The van der Waals surface area contributed by atoms with Crippen LogP contribution in [0.4, 0.5) is 15.3 Å². The number of urea groups is 1. The smallest absolute Gasteiger partial charge is 0.417 e. The average molecular weight is 501 g/mol. The van der Waals surface area contributed by atoms with Crippen molar-refractivity contribution in [1.29, 1.82) is 0 Å². The van der Waals surface area contributed by atoms with Crippen molar-refractivity contribution in [3.63, 3.8) is 0 Å². The molecule has 0 bridgehead atoms. The second-order valence-electron chi connectivity index (χ2n) is 8.46. The number of fused-ring (bicyclic) bond motifs is 2. The normalized spacial score (nSPS) is 16.3. The zero-order chi connectivity index (χ0) is 25.1. The van der Waals surface area contributed by atoms with Crippen LogP contribution in [0.1, 0.15) is 39.0 Å². The second kappa shape index (κ2) is 10.3. The minimum atomic E-state index is -0.867. The van der Waals surface area contributed by atoms with Crippen LogP contribution in [0, 0.1) is 13.8 Å². The molecule has 0 radical (unpaired) electrons. The number of amides is 5. The van der Waals surface area contributed by atoms with Crippen LogP contribution in [0.25, 0.3) is 0 Å². The standard InChI is InChI=1S/C24H28N4O6S/c1-14-15(2)35-20-11-27(8-9-33-22(14)20)21(30)12-28(13-29)24(32)34-19-7-4-16-10-17(5-6-18(16)19)26-23(31)25-3/h5-6,10,13,19H,4,7-9,11-12H2,1-3H3,(H2,25,26,31). The van der Waals surface area contributed by atoms with E-state index < -0.39 is 18.7 Å². The molecule has 35 heavy (non-hydrogen) atoms. The molecule has 0 saturated carbocycles. The summed E-state index contributed by atoms with van der Waals surface area (Å²) in [5, 5.41) is 5.20. The highest BCUT2D eigenvalue weighted by Crippen LogP contribution is 2.37. The first kappa shape index (κ1) is 24.5. The molecule has 0 spiro atoms. The summed E-state index contributed by atoms with van der Waals surface area (Å²) in [6.07, 6.45) is 0.135. The van der Waals surface area contributed by atoms with E-state index in [0.717, 1.165) is 37.1 Å². The fourth-order valence-corrected chi connectivity index (χ4v) is 5.39. The van der Waals surface area contributed by atoms with Crippen molar-refractivity contribution < 1.29 is 28.7 Å². The number of carbonyl (C=O) groups is 4. The Morgan fingerprint density at radius 2 is 2.11 bits per heavy atom. The average Bonchev–Trinajstić information content (AvgIpc) is 3.26. The summed E-state index contributed by atoms with van der Waals surface area (Å²) in [6, 6.07) is 5.03. The van der Waals surface area contributed by atoms with E-state index in [4.69, 9.17) is 9.47 Å². The number of rotatable bonds is 5. The Bertz CT molecular complexity index is 1160. The first-order valence-electron chi connectivity index (χ1n) is 11.3. The van der Waals surface area contributed by atoms with Crippen LogP contribution in [-0.4, -0.2) is 61.0 Å². The Labute approximate surface area is 207 Å². The lowest BCUT2D eigenvalue weighted by Gasteiger charge is -2.23. The van der Waals surface area contributed by atoms with Gasteiger partial charge in [0.1, 0.15) is 25.0 Å². The Morgan fingerprint density at radius 1 is 1.31 bits per heavy atom. The number of ether oxygens (including phenoxy) is 2. The first-order chi connectivity index (χ1) is 16.8. The lowest BCUT2D eigenvalue weighted by Crippen LogP contribution is -2.43. The number of nitrogens with zero attached hydrogens (tertiary/aromatic N) is 2. The van der Waals surface area contributed by atoms with Gasteiger partial charge in [0.2, 0.25) is 12.3 Å². The van der Waals surface area contributed by atoms with Crippen LogP contribution in [-0.2, 0) is 27.3 Å². The highest BCUT2D eigenvalue weighted by atomic mass is 32.1. The largest absolute Gasteiger partial charge is 0.490 e. The number of thiophene rings is 1. The van der Waals surface area contributed by atoms with Crippen LogP contribution in [0.5, 0.6) is 5.75 Å². The van der Waals surface area contributed by atoms with Crippen molar-refractivity contribution in [3.05, 3.63) is 44.6 Å². The molecule has 1 aromatic heterocycles. The van der Waals surface area contributed by atoms with Gasteiger partial charge in [-0.05, 0) is 49.9 Å². The van der Waals surface area contributed by atoms with E-state index in [-0.39, 0.29) is 11.9 Å². The van der Waals surface area contributed by atoms with Gasteiger partial charge < -0.3 is 25.0 Å². The Morgan fingerprint density at radius 3 is 2.86 bits per heavy atom. The molecule has 1 aromatic carbocycles. The molecule has 1 aliphatic heterocycles. The second-order valence-corrected chi connectivity index (χ2v) is 9.77. The third kappa shape index (κ3) is 5.24. The summed E-state index contributed by atoms with van der Waals surface area (Å²) in [4.78, 5) is 53.3. The Balaban J connectivity index is 1.38. The number of anilines is 1. The van der Waals surface area contributed by atoms with Gasteiger partial charge in [-0.1, -0.05) is 6.07 Å². The zero-order valence-corrected chi connectivity index (χ0v) is 20.7. The van der Waals surface area contributed by atoms with Gasteiger partial charge in [0.25, 0.3) is 0 Å². The van der Waals surface area contributed by atoms with E-state index in [2.05, 4.69) is 10.6 Å². The molecule has 4 rings (SSSR count). The fraction of sp³-hybridized carbons (Fsp3) is 0.417. The Hall–Kier alpha value is -3.60. The van der Waals surface area contributed by atoms with E-state index in [0.29, 0.717) is 44.6 Å². The molecule has 186 valence electrons. The van der Waals surface area contributed by atoms with Crippen molar-refractivity contribution in [2.75, 3.05) is 32.1 Å². The molecule has 1 unspecified atom stereocenters. The molecular formula is C24H28N4O6S. The van der Waals surface area contributed by atoms with E-state index in [1.165, 1.54) is 7.05 Å². The molecular weight excluding hydrogens is 472 g/mol. The van der Waals surface area contributed by atoms with Crippen LogP contribution in [0.3, 0.4) is 0 Å². The van der Waals surface area contributed by atoms with Crippen molar-refractivity contribution in [3.8, 4) is 5.75 Å². The summed E-state index contributed by atoms with van der Waals surface area (Å²) in [5.74, 6) is 0.467. The van der Waals surface area contributed by atoms with Gasteiger partial charge in [-0.25, -0.2) is 14.5 Å². The van der Waals surface area contributed by atoms with Crippen molar-refractivity contribution in [2.45, 2.75) is 39.3 Å². The minimum absolute atomic E-state index is 0.325. The summed E-state index contributed by atoms with van der Waals surface area (Å²) in [6.45, 7) is 4.68. The molecule has 1 atom stereocenters. The summed E-state index contributed by atoms with van der Waals surface area (Å²) < 4.78 is 11.4. The highest BCUT2D eigenvalue weighted by molar-refractivity contribution is 7.12. The minimum Gasteiger partial charge on any atom is -0.490 e. The van der Waals surface area contributed by atoms with E-state index in [9.17, 15) is 19.2 Å². The number of carbonyl (C=O) groups excluding carboxylic acids is 4. The third-order valence-corrected chi connectivity index (χ3v) is 7.43. The third-order valence-electron chi connectivity index (χ3n) is 6.25. The molecule has 2 aromatic rings. The summed E-state index contributed by atoms with van der Waals surface area (Å²) >= 11 is 1.58. The van der Waals surface area contributed by atoms with E-state index in [1.54, 1.807) is 28.4 Å². The number of aryl methyl sites for hydroxylation is 2. The monoisotopic (exact) mass is 500 g/mol. The molecule has 2 N–H and O–H groups in total. The van der Waals surface area contributed by atoms with E-state index >= 15 is 0 Å². The SMILES string of the molecule is CNC(=O)Nc1ccc2c(c1)CCC2OC(=O)N(C=O)CC(=O)N1CCOc2c(sc(C)c2C)C1. The maximum Gasteiger partial charge on any atom is 0.417 e. The van der Waals surface area contributed by atoms with Gasteiger partial charge >= 0.3 is 12.1 Å². The van der Waals surface area contributed by atoms with E-state index in [1.807, 2.05) is 19.9 Å². The van der Waals surface area contributed by atoms with Gasteiger partial charge in [-0.2, -0.15) is 0 Å². The molecule has 0 saturated heterocycles. The van der Waals surface area contributed by atoms with Crippen LogP contribution >= 0.6 is 11.3 Å². The summed E-state index contributed by atoms with van der Waals surface area (Å²) in [7, 11) is 1.53. The lowest BCUT2D eigenvalue weighted by molar-refractivity contribution is -0.135. The van der Waals surface area contributed by atoms with Crippen LogP contribution in [0.15, 0.2) is 18.2 Å². The molecule has 5 amide bonds. The molecule has 11 heteroatoms. The first-order valence-corrected chi connectivity index (χ1v) is 12.2. The fourth-order valence-electron chi connectivity index (χ4n) is 4.24. The topological polar surface area (TPSA) is 117 Å². The van der Waals surface area contributed by atoms with Crippen LogP contribution < -0.4 is 15.4 Å². The molecule has 2 aliphatic rings. The predicted octanol–water partition coefficient (Wildman–Crippen LogP) is 3.12. The summed E-state index contributed by atoms with van der Waals surface area (Å²) in [5.41, 5.74) is 3.48. The maximum absolute atomic E-state index is 12.9. The number of imide groups is 1. The van der Waals surface area contributed by atoms with Crippen molar-refractivity contribution in [1.82, 2.24) is 15.1 Å². The molecule has 0 fully saturated rings. The molecule has 1 aliphatic carbocycles. The molecule has 2 heterocycles. The van der Waals surface area contributed by atoms with Gasteiger partial charge in [0.05, 0.1) is 18.0 Å². The van der Waals surface area contributed by atoms with Crippen molar-refractivity contribution in [2.24, 2.45) is 0 Å². The van der Waals surface area contributed by atoms with Gasteiger partial charge in [-0.15, -0.1) is 11.3 Å². The van der Waals surface area contributed by atoms with Crippen LogP contribution in [0.2, 0.25) is 0 Å². The zero-order valence-electron chi connectivity index (χ0n) is 19.9. The Kier molecular flexibility index (Phi) is 7.25. The molecule has 10 nitrogen and oxygen atoms in total. The van der Waals surface area contributed by atoms with Crippen molar-refractivity contribution >= 4 is 41.5 Å². The number of hydrogen-bond acceptors (Lipinski definition) is 7. The van der Waals surface area contributed by atoms with Gasteiger partial charge in [0.15, 0.2) is 0 Å². The maximum atomic E-state index is 12.9. The highest BCUT2D eigenvalue weighted by Gasteiger charge is 2.31. The number of hydrogen-bond donors (Lipinski definition) is 2. The van der Waals surface area contributed by atoms with Gasteiger partial charge in [-0.3, -0.25) is 9.59 Å². The number of nitrogens with one attached hydrogen (secondary N) is 2. The quantitative estimate of drug-likeness (QED) is 0.610.